The lowest BCUT2D eigenvalue weighted by Gasteiger charge is -2.15. The third kappa shape index (κ3) is 4.47. The van der Waals surface area contributed by atoms with Crippen LogP contribution in [0.15, 0.2) is 72.8 Å². The summed E-state index contributed by atoms with van der Waals surface area (Å²) in [7, 11) is 5.11. The lowest BCUT2D eigenvalue weighted by molar-refractivity contribution is 0.414. The number of methoxy groups -OCH3 is 3. The average molecular weight is 502 g/mol. The predicted octanol–water partition coefficient (Wildman–Crippen LogP) is 7.75. The third-order valence-electron chi connectivity index (χ3n) is 7.59. The minimum absolute atomic E-state index is 0.866. The third-order valence-corrected chi connectivity index (χ3v) is 7.59. The minimum atomic E-state index is 0.866. The van der Waals surface area contributed by atoms with Crippen molar-refractivity contribution in [1.82, 2.24) is 4.98 Å². The van der Waals surface area contributed by atoms with Crippen molar-refractivity contribution < 1.29 is 14.2 Å². The van der Waals surface area contributed by atoms with Crippen LogP contribution in [-0.4, -0.2) is 26.3 Å². The standard InChI is InChI=1S/C34H31NO3/c1-36-27-12-4-22(5-13-27)20-25-10-18-30-32(24-8-16-29(38-3)17-9-24)31-19-11-26(34(31)35-33(25)30)21-23-6-14-28(37-2)15-7-23/h4-9,12-17,20-21H,10-11,18-19H2,1-3H3. The first-order chi connectivity index (χ1) is 18.7. The number of rotatable bonds is 6. The van der Waals surface area contributed by atoms with Gasteiger partial charge in [-0.2, -0.15) is 0 Å². The Hall–Kier alpha value is -4.31. The molecule has 190 valence electrons. The Balaban J connectivity index is 1.49. The number of nitrogens with zero attached hydrogens (tertiary/aromatic N) is 1. The van der Waals surface area contributed by atoms with E-state index < -0.39 is 0 Å². The molecule has 0 saturated heterocycles. The molecule has 1 heterocycles. The van der Waals surface area contributed by atoms with Gasteiger partial charge in [-0.25, -0.2) is 4.98 Å². The van der Waals surface area contributed by atoms with Crippen LogP contribution in [-0.2, 0) is 12.8 Å². The van der Waals surface area contributed by atoms with E-state index >= 15 is 0 Å². The molecule has 38 heavy (non-hydrogen) atoms. The van der Waals surface area contributed by atoms with Gasteiger partial charge in [0.1, 0.15) is 17.2 Å². The summed E-state index contributed by atoms with van der Waals surface area (Å²) in [5.41, 5.74) is 12.5. The van der Waals surface area contributed by atoms with E-state index in [9.17, 15) is 0 Å². The summed E-state index contributed by atoms with van der Waals surface area (Å²) < 4.78 is 16.1. The zero-order chi connectivity index (χ0) is 26.1. The van der Waals surface area contributed by atoms with Crippen molar-refractivity contribution in [3.8, 4) is 28.4 Å². The SMILES string of the molecule is COc1ccc(C=C2CCc3c2nc2c(c3-c3ccc(OC)cc3)CCC2=Cc2ccc(OC)cc2)cc1. The molecular weight excluding hydrogens is 470 g/mol. The van der Waals surface area contributed by atoms with E-state index in [0.717, 1.165) is 65.4 Å². The van der Waals surface area contributed by atoms with Crippen LogP contribution < -0.4 is 14.2 Å². The molecule has 2 aliphatic carbocycles. The van der Waals surface area contributed by atoms with Gasteiger partial charge >= 0.3 is 0 Å². The van der Waals surface area contributed by atoms with Gasteiger partial charge < -0.3 is 14.2 Å². The molecular formula is C34H31NO3. The molecule has 0 atom stereocenters. The highest BCUT2D eigenvalue weighted by atomic mass is 16.5. The first kappa shape index (κ1) is 24.1. The predicted molar refractivity (Wildman–Crippen MR) is 155 cm³/mol. The molecule has 6 rings (SSSR count). The second-order valence-corrected chi connectivity index (χ2v) is 9.76. The van der Waals surface area contributed by atoms with Gasteiger partial charge in [-0.1, -0.05) is 36.4 Å². The van der Waals surface area contributed by atoms with Crippen LogP contribution in [0.5, 0.6) is 17.2 Å². The van der Waals surface area contributed by atoms with Gasteiger partial charge in [-0.3, -0.25) is 0 Å². The number of aromatic nitrogens is 1. The van der Waals surface area contributed by atoms with Gasteiger partial charge in [0.05, 0.1) is 32.7 Å². The maximum Gasteiger partial charge on any atom is 0.118 e. The number of fused-ring (bicyclic) bond motifs is 2. The summed E-state index contributed by atoms with van der Waals surface area (Å²) in [4.78, 5) is 5.37. The Morgan fingerprint density at radius 3 is 1.32 bits per heavy atom. The van der Waals surface area contributed by atoms with Crippen molar-refractivity contribution in [2.75, 3.05) is 21.3 Å². The van der Waals surface area contributed by atoms with Gasteiger partial charge in [-0.15, -0.1) is 0 Å². The molecule has 4 aromatic rings. The van der Waals surface area contributed by atoms with Gasteiger partial charge in [0.25, 0.3) is 0 Å². The van der Waals surface area contributed by atoms with Crippen molar-refractivity contribution >= 4 is 23.3 Å². The van der Waals surface area contributed by atoms with Crippen LogP contribution in [0.3, 0.4) is 0 Å². The van der Waals surface area contributed by atoms with Crippen molar-refractivity contribution in [2.24, 2.45) is 0 Å². The molecule has 0 aliphatic heterocycles. The molecule has 0 saturated carbocycles. The summed E-state index contributed by atoms with van der Waals surface area (Å²) in [6, 6.07) is 25.0. The highest BCUT2D eigenvalue weighted by Gasteiger charge is 2.30. The van der Waals surface area contributed by atoms with Crippen molar-refractivity contribution in [2.45, 2.75) is 25.7 Å². The molecule has 0 fully saturated rings. The molecule has 4 heteroatoms. The van der Waals surface area contributed by atoms with E-state index in [4.69, 9.17) is 19.2 Å². The summed E-state index contributed by atoms with van der Waals surface area (Å²) in [6.07, 6.45) is 8.53. The second kappa shape index (κ2) is 10.2. The molecule has 0 radical (unpaired) electrons. The highest BCUT2D eigenvalue weighted by molar-refractivity contribution is 5.93. The summed E-state index contributed by atoms with van der Waals surface area (Å²) >= 11 is 0. The first-order valence-electron chi connectivity index (χ1n) is 13.1. The van der Waals surface area contributed by atoms with Gasteiger partial charge in [0.15, 0.2) is 0 Å². The largest absolute Gasteiger partial charge is 0.497 e. The zero-order valence-corrected chi connectivity index (χ0v) is 22.1. The van der Waals surface area contributed by atoms with E-state index in [1.807, 2.05) is 24.3 Å². The van der Waals surface area contributed by atoms with E-state index in [1.165, 1.54) is 33.4 Å². The Kier molecular flexibility index (Phi) is 6.47. The van der Waals surface area contributed by atoms with Crippen LogP contribution in [0.25, 0.3) is 34.4 Å². The molecule has 1 aromatic heterocycles. The lowest BCUT2D eigenvalue weighted by atomic mass is 9.93. The van der Waals surface area contributed by atoms with Crippen LogP contribution in [0, 0.1) is 0 Å². The van der Waals surface area contributed by atoms with Crippen molar-refractivity contribution in [3.05, 3.63) is 106 Å². The average Bonchev–Trinajstić information content (AvgIpc) is 3.56. The Morgan fingerprint density at radius 1 is 0.526 bits per heavy atom. The van der Waals surface area contributed by atoms with Crippen molar-refractivity contribution in [3.63, 3.8) is 0 Å². The van der Waals surface area contributed by atoms with E-state index in [-0.39, 0.29) is 0 Å². The Morgan fingerprint density at radius 2 is 0.921 bits per heavy atom. The molecule has 4 nitrogen and oxygen atoms in total. The first-order valence-corrected chi connectivity index (χ1v) is 13.1. The molecule has 0 bridgehead atoms. The fraction of sp³-hybridized carbons (Fsp3) is 0.206. The molecule has 0 unspecified atom stereocenters. The van der Waals surface area contributed by atoms with Crippen LogP contribution in [0.2, 0.25) is 0 Å². The number of allylic oxidation sites excluding steroid dienone is 2. The Labute approximate surface area is 224 Å². The topological polar surface area (TPSA) is 40.6 Å². The van der Waals surface area contributed by atoms with E-state index in [1.54, 1.807) is 21.3 Å². The lowest BCUT2D eigenvalue weighted by Crippen LogP contribution is -2.01. The molecule has 0 N–H and O–H groups in total. The fourth-order valence-corrected chi connectivity index (χ4v) is 5.63. The maximum atomic E-state index is 5.44. The van der Waals surface area contributed by atoms with Crippen LogP contribution >= 0.6 is 0 Å². The quantitative estimate of drug-likeness (QED) is 0.271. The van der Waals surface area contributed by atoms with Gasteiger partial charge in [0.2, 0.25) is 0 Å². The van der Waals surface area contributed by atoms with Crippen LogP contribution in [0.1, 0.15) is 46.5 Å². The summed E-state index contributed by atoms with van der Waals surface area (Å²) in [6.45, 7) is 0. The number of hydrogen-bond donors (Lipinski definition) is 0. The number of pyridine rings is 1. The molecule has 2 aliphatic rings. The van der Waals surface area contributed by atoms with Gasteiger partial charge in [0, 0.05) is 0 Å². The number of ether oxygens (including phenoxy) is 3. The summed E-state index contributed by atoms with van der Waals surface area (Å²) in [5.74, 6) is 2.60. The summed E-state index contributed by atoms with van der Waals surface area (Å²) in [5, 5.41) is 0. The van der Waals surface area contributed by atoms with E-state index in [0.29, 0.717) is 0 Å². The zero-order valence-electron chi connectivity index (χ0n) is 22.1. The fourth-order valence-electron chi connectivity index (χ4n) is 5.63. The monoisotopic (exact) mass is 501 g/mol. The van der Waals surface area contributed by atoms with Gasteiger partial charge in [-0.05, 0) is 119 Å². The molecule has 0 spiro atoms. The number of hydrogen-bond acceptors (Lipinski definition) is 4. The Bertz CT molecular complexity index is 1440. The van der Waals surface area contributed by atoms with Crippen LogP contribution in [0.4, 0.5) is 0 Å². The normalized spacial score (nSPS) is 16.0. The smallest absolute Gasteiger partial charge is 0.118 e. The minimum Gasteiger partial charge on any atom is -0.497 e. The second-order valence-electron chi connectivity index (χ2n) is 9.76. The highest BCUT2D eigenvalue weighted by Crippen LogP contribution is 2.46. The molecule has 3 aromatic carbocycles. The van der Waals surface area contributed by atoms with E-state index in [2.05, 4.69) is 60.7 Å². The molecule has 0 amide bonds. The number of benzene rings is 3. The van der Waals surface area contributed by atoms with Crippen molar-refractivity contribution in [1.29, 1.82) is 0 Å². The maximum absolute atomic E-state index is 5.44.